The van der Waals surface area contributed by atoms with Crippen LogP contribution in [0.3, 0.4) is 0 Å². The van der Waals surface area contributed by atoms with E-state index in [1.165, 1.54) is 12.1 Å². The summed E-state index contributed by atoms with van der Waals surface area (Å²) < 4.78 is 42.6. The Hall–Kier alpha value is -2.21. The normalized spacial score (nSPS) is 11.2. The number of carbonyl (C=O) groups is 1. The Bertz CT molecular complexity index is 687. The second-order valence-electron chi connectivity index (χ2n) is 5.04. The maximum absolute atomic E-state index is 12.4. The molecule has 1 N–H and O–H groups in total. The van der Waals surface area contributed by atoms with Crippen LogP contribution in [0.2, 0.25) is 5.02 Å². The van der Waals surface area contributed by atoms with Gasteiger partial charge in [0.25, 0.3) is 5.91 Å². The first-order valence-corrected chi connectivity index (χ1v) is 7.53. The summed E-state index contributed by atoms with van der Waals surface area (Å²) in [5.74, 6) is 0.169. The van der Waals surface area contributed by atoms with E-state index in [-0.39, 0.29) is 12.5 Å². The lowest BCUT2D eigenvalue weighted by molar-refractivity contribution is -0.137. The largest absolute Gasteiger partial charge is 0.484 e. The number of ether oxygens (including phenoxy) is 1. The molecule has 0 saturated heterocycles. The molecule has 0 saturated carbocycles. The Morgan fingerprint density at radius 3 is 2.46 bits per heavy atom. The molecule has 128 valence electrons. The predicted molar refractivity (Wildman–Crippen MR) is 85.1 cm³/mol. The van der Waals surface area contributed by atoms with Gasteiger partial charge in [0.05, 0.1) is 5.56 Å². The zero-order chi connectivity index (χ0) is 17.6. The molecule has 24 heavy (non-hydrogen) atoms. The van der Waals surface area contributed by atoms with E-state index in [1.54, 1.807) is 24.3 Å². The SMILES string of the molecule is O=C(COc1cccc(Cl)c1)NCCc1ccc(C(F)(F)F)cc1. The molecular weight excluding hydrogens is 343 g/mol. The van der Waals surface area contributed by atoms with Crippen molar-refractivity contribution in [2.45, 2.75) is 12.6 Å². The monoisotopic (exact) mass is 357 g/mol. The van der Waals surface area contributed by atoms with Crippen molar-refractivity contribution >= 4 is 17.5 Å². The van der Waals surface area contributed by atoms with Gasteiger partial charge in [0.2, 0.25) is 0 Å². The average molecular weight is 358 g/mol. The van der Waals surface area contributed by atoms with Crippen LogP contribution in [0.4, 0.5) is 13.2 Å². The zero-order valence-electron chi connectivity index (χ0n) is 12.6. The van der Waals surface area contributed by atoms with Gasteiger partial charge < -0.3 is 10.1 Å². The summed E-state index contributed by atoms with van der Waals surface area (Å²) in [6.45, 7) is 0.149. The van der Waals surface area contributed by atoms with Crippen LogP contribution in [0.5, 0.6) is 5.75 Å². The molecule has 2 aromatic carbocycles. The van der Waals surface area contributed by atoms with Gasteiger partial charge in [-0.05, 0) is 42.3 Å². The van der Waals surface area contributed by atoms with Gasteiger partial charge in [-0.3, -0.25) is 4.79 Å². The number of hydrogen-bond donors (Lipinski definition) is 1. The minimum absolute atomic E-state index is 0.159. The molecule has 0 fully saturated rings. The van der Waals surface area contributed by atoms with Crippen LogP contribution in [-0.4, -0.2) is 19.1 Å². The van der Waals surface area contributed by atoms with Crippen LogP contribution in [0.1, 0.15) is 11.1 Å². The van der Waals surface area contributed by atoms with Gasteiger partial charge >= 0.3 is 6.18 Å². The smallest absolute Gasteiger partial charge is 0.416 e. The molecule has 0 aliphatic rings. The highest BCUT2D eigenvalue weighted by molar-refractivity contribution is 6.30. The Balaban J connectivity index is 1.72. The molecule has 1 amide bonds. The predicted octanol–water partition coefficient (Wildman–Crippen LogP) is 4.10. The van der Waals surface area contributed by atoms with Crippen molar-refractivity contribution in [3.63, 3.8) is 0 Å². The van der Waals surface area contributed by atoms with E-state index in [4.69, 9.17) is 16.3 Å². The number of carbonyl (C=O) groups excluding carboxylic acids is 1. The molecule has 3 nitrogen and oxygen atoms in total. The third kappa shape index (κ3) is 5.77. The molecule has 0 aliphatic heterocycles. The van der Waals surface area contributed by atoms with Crippen LogP contribution >= 0.6 is 11.6 Å². The second-order valence-corrected chi connectivity index (χ2v) is 5.48. The van der Waals surface area contributed by atoms with E-state index in [2.05, 4.69) is 5.32 Å². The van der Waals surface area contributed by atoms with Crippen molar-refractivity contribution < 1.29 is 22.7 Å². The maximum Gasteiger partial charge on any atom is 0.416 e. The lowest BCUT2D eigenvalue weighted by atomic mass is 10.1. The second kappa shape index (κ2) is 8.06. The Morgan fingerprint density at radius 2 is 1.83 bits per heavy atom. The van der Waals surface area contributed by atoms with Crippen LogP contribution in [0.25, 0.3) is 0 Å². The van der Waals surface area contributed by atoms with Gasteiger partial charge in [-0.15, -0.1) is 0 Å². The topological polar surface area (TPSA) is 38.3 Å². The van der Waals surface area contributed by atoms with Crippen LogP contribution in [-0.2, 0) is 17.4 Å². The highest BCUT2D eigenvalue weighted by Gasteiger charge is 2.29. The quantitative estimate of drug-likeness (QED) is 0.845. The summed E-state index contributed by atoms with van der Waals surface area (Å²) >= 11 is 5.80. The van der Waals surface area contributed by atoms with Gasteiger partial charge in [0.15, 0.2) is 6.61 Å². The van der Waals surface area contributed by atoms with Gasteiger partial charge in [-0.1, -0.05) is 29.8 Å². The molecule has 0 unspecified atom stereocenters. The first-order chi connectivity index (χ1) is 11.3. The number of alkyl halides is 3. The van der Waals surface area contributed by atoms with E-state index in [0.29, 0.717) is 29.3 Å². The molecule has 0 bridgehead atoms. The number of rotatable bonds is 6. The Kier molecular flexibility index (Phi) is 6.09. The Morgan fingerprint density at radius 1 is 1.12 bits per heavy atom. The summed E-state index contributed by atoms with van der Waals surface area (Å²) in [7, 11) is 0. The maximum atomic E-state index is 12.4. The zero-order valence-corrected chi connectivity index (χ0v) is 13.3. The van der Waals surface area contributed by atoms with Crippen molar-refractivity contribution in [2.75, 3.05) is 13.2 Å². The van der Waals surface area contributed by atoms with Gasteiger partial charge in [-0.25, -0.2) is 0 Å². The fraction of sp³-hybridized carbons (Fsp3) is 0.235. The molecule has 0 radical (unpaired) electrons. The van der Waals surface area contributed by atoms with Gasteiger partial charge in [-0.2, -0.15) is 13.2 Å². The van der Waals surface area contributed by atoms with Crippen LogP contribution in [0.15, 0.2) is 48.5 Å². The molecule has 0 aliphatic carbocycles. The summed E-state index contributed by atoms with van der Waals surface area (Å²) in [5.41, 5.74) is 0.0178. The van der Waals surface area contributed by atoms with Crippen LogP contribution < -0.4 is 10.1 Å². The lowest BCUT2D eigenvalue weighted by Gasteiger charge is -2.09. The standard InChI is InChI=1S/C17H15ClF3NO2/c18-14-2-1-3-15(10-14)24-11-16(23)22-9-8-12-4-6-13(7-5-12)17(19,20)21/h1-7,10H,8-9,11H2,(H,22,23). The third-order valence-corrected chi connectivity index (χ3v) is 3.42. The summed E-state index contributed by atoms with van der Waals surface area (Å²) in [6.07, 6.45) is -3.91. The molecule has 0 heterocycles. The van der Waals surface area contributed by atoms with Gasteiger partial charge in [0, 0.05) is 11.6 Å². The number of amides is 1. The molecule has 7 heteroatoms. The van der Waals surface area contributed by atoms with Gasteiger partial charge in [0.1, 0.15) is 5.75 Å². The Labute approximate surface area is 142 Å². The van der Waals surface area contributed by atoms with E-state index in [1.807, 2.05) is 0 Å². The summed E-state index contributed by atoms with van der Waals surface area (Å²) in [5, 5.41) is 3.15. The number of nitrogens with one attached hydrogen (secondary N) is 1. The van der Waals surface area contributed by atoms with Crippen molar-refractivity contribution in [2.24, 2.45) is 0 Å². The minimum Gasteiger partial charge on any atom is -0.484 e. The first kappa shape index (κ1) is 18.1. The first-order valence-electron chi connectivity index (χ1n) is 7.16. The van der Waals surface area contributed by atoms with Crippen molar-refractivity contribution in [3.05, 3.63) is 64.7 Å². The van der Waals surface area contributed by atoms with E-state index < -0.39 is 11.7 Å². The molecule has 0 atom stereocenters. The van der Waals surface area contributed by atoms with Crippen molar-refractivity contribution in [1.82, 2.24) is 5.32 Å². The number of benzene rings is 2. The molecule has 2 aromatic rings. The van der Waals surface area contributed by atoms with Crippen LogP contribution in [0, 0.1) is 0 Å². The molecular formula is C17H15ClF3NO2. The van der Waals surface area contributed by atoms with E-state index >= 15 is 0 Å². The average Bonchev–Trinajstić information content (AvgIpc) is 2.53. The molecule has 2 rings (SSSR count). The van der Waals surface area contributed by atoms with Crippen molar-refractivity contribution in [3.8, 4) is 5.75 Å². The number of hydrogen-bond acceptors (Lipinski definition) is 2. The fourth-order valence-electron chi connectivity index (χ4n) is 1.96. The van der Waals surface area contributed by atoms with Crippen molar-refractivity contribution in [1.29, 1.82) is 0 Å². The highest BCUT2D eigenvalue weighted by atomic mass is 35.5. The third-order valence-electron chi connectivity index (χ3n) is 3.18. The summed E-state index contributed by atoms with van der Waals surface area (Å²) in [6, 6.07) is 11.5. The number of halogens is 4. The van der Waals surface area contributed by atoms with E-state index in [9.17, 15) is 18.0 Å². The highest BCUT2D eigenvalue weighted by Crippen LogP contribution is 2.29. The lowest BCUT2D eigenvalue weighted by Crippen LogP contribution is -2.30. The minimum atomic E-state index is -4.34. The van der Waals surface area contributed by atoms with E-state index in [0.717, 1.165) is 12.1 Å². The fourth-order valence-corrected chi connectivity index (χ4v) is 2.14. The molecule has 0 aromatic heterocycles. The molecule has 0 spiro atoms. The summed E-state index contributed by atoms with van der Waals surface area (Å²) in [4.78, 5) is 11.7.